The van der Waals surface area contributed by atoms with Gasteiger partial charge in [0.25, 0.3) is 0 Å². The van der Waals surface area contributed by atoms with Gasteiger partial charge in [0.2, 0.25) is 5.91 Å². The van der Waals surface area contributed by atoms with E-state index in [1.54, 1.807) is 36.0 Å². The van der Waals surface area contributed by atoms with Crippen molar-refractivity contribution in [3.05, 3.63) is 115 Å². The molecule has 1 aromatic heterocycles. The van der Waals surface area contributed by atoms with Crippen LogP contribution in [0.25, 0.3) is 0 Å². The van der Waals surface area contributed by atoms with E-state index in [4.69, 9.17) is 11.6 Å². The maximum atomic E-state index is 13.9. The van der Waals surface area contributed by atoms with Gasteiger partial charge in [-0.25, -0.2) is 0 Å². The Morgan fingerprint density at radius 3 is 2.33 bits per heavy atom. The molecule has 3 atom stereocenters. The number of hydrogen-bond donors (Lipinski definition) is 2. The second kappa shape index (κ2) is 9.21. The SMILES string of the molecule is Cc1ccc([C@H]2c3sc(=O)[nH]c3S[C@@H](c3ccccc3)[C@@H]2C(=O)Nc2ccc(Cl)cc2)cc1. The summed E-state index contributed by atoms with van der Waals surface area (Å²) in [7, 11) is 0. The first-order chi connectivity index (χ1) is 16.0. The number of anilines is 1. The maximum absolute atomic E-state index is 13.9. The zero-order valence-electron chi connectivity index (χ0n) is 17.7. The second-order valence-corrected chi connectivity index (χ2v) is 10.7. The maximum Gasteiger partial charge on any atom is 0.305 e. The van der Waals surface area contributed by atoms with Gasteiger partial charge in [-0.2, -0.15) is 0 Å². The van der Waals surface area contributed by atoms with Crippen molar-refractivity contribution in [2.75, 3.05) is 5.32 Å². The summed E-state index contributed by atoms with van der Waals surface area (Å²) >= 11 is 8.78. The van der Waals surface area contributed by atoms with E-state index in [0.29, 0.717) is 10.7 Å². The molecule has 2 heterocycles. The molecule has 7 heteroatoms. The fraction of sp³-hybridized carbons (Fsp3) is 0.154. The lowest BCUT2D eigenvalue weighted by Crippen LogP contribution is -2.34. The van der Waals surface area contributed by atoms with Gasteiger partial charge in [-0.3, -0.25) is 9.59 Å². The largest absolute Gasteiger partial charge is 0.326 e. The summed E-state index contributed by atoms with van der Waals surface area (Å²) in [5.74, 6) is -0.756. The van der Waals surface area contributed by atoms with Crippen molar-refractivity contribution in [3.63, 3.8) is 0 Å². The predicted octanol–water partition coefficient (Wildman–Crippen LogP) is 6.63. The molecular weight excluding hydrogens is 472 g/mol. The standard InChI is InChI=1S/C26H21ClN2O2S2/c1-15-7-9-16(10-8-15)20-21(24(30)28-19-13-11-18(27)12-14-19)22(17-5-3-2-4-6-17)32-25-23(20)33-26(31)29-25/h2-14,20-22H,1H3,(H,28,30)(H,29,31)/t20-,21-,22+/m1/s1. The van der Waals surface area contributed by atoms with E-state index in [1.165, 1.54) is 11.3 Å². The molecule has 33 heavy (non-hydrogen) atoms. The number of amides is 1. The van der Waals surface area contributed by atoms with Crippen LogP contribution in [0.4, 0.5) is 5.69 Å². The third kappa shape index (κ3) is 4.51. The topological polar surface area (TPSA) is 62.0 Å². The Hall–Kier alpha value is -2.80. The van der Waals surface area contributed by atoms with Gasteiger partial charge in [0, 0.05) is 26.8 Å². The van der Waals surface area contributed by atoms with E-state index >= 15 is 0 Å². The number of carbonyl (C=O) groups is 1. The fourth-order valence-corrected chi connectivity index (χ4v) is 6.99. The van der Waals surface area contributed by atoms with Crippen molar-refractivity contribution in [3.8, 4) is 0 Å². The lowest BCUT2D eigenvalue weighted by atomic mass is 9.79. The van der Waals surface area contributed by atoms with Crippen molar-refractivity contribution < 1.29 is 4.79 Å². The monoisotopic (exact) mass is 492 g/mol. The Kier molecular flexibility index (Phi) is 6.15. The number of hydrogen-bond acceptors (Lipinski definition) is 4. The summed E-state index contributed by atoms with van der Waals surface area (Å²) in [5, 5.41) is 4.39. The number of aryl methyl sites for hydroxylation is 1. The molecule has 0 fully saturated rings. The molecular formula is C26H21ClN2O2S2. The highest BCUT2D eigenvalue weighted by molar-refractivity contribution is 7.99. The molecule has 0 saturated heterocycles. The summed E-state index contributed by atoms with van der Waals surface area (Å²) in [6.45, 7) is 2.04. The summed E-state index contributed by atoms with van der Waals surface area (Å²) in [5.41, 5.74) is 3.91. The molecule has 3 aromatic carbocycles. The molecule has 166 valence electrons. The van der Waals surface area contributed by atoms with Gasteiger partial charge in [-0.15, -0.1) is 0 Å². The molecule has 1 amide bonds. The molecule has 5 rings (SSSR count). The minimum absolute atomic E-state index is 0.0873. The summed E-state index contributed by atoms with van der Waals surface area (Å²) in [6, 6.07) is 25.4. The van der Waals surface area contributed by atoms with Crippen LogP contribution >= 0.6 is 34.7 Å². The third-order valence-corrected chi connectivity index (χ3v) is 8.56. The molecule has 0 aliphatic carbocycles. The van der Waals surface area contributed by atoms with Crippen molar-refractivity contribution in [1.29, 1.82) is 0 Å². The number of H-pyrrole nitrogens is 1. The van der Waals surface area contributed by atoms with Crippen LogP contribution in [-0.2, 0) is 4.79 Å². The van der Waals surface area contributed by atoms with E-state index in [-0.39, 0.29) is 21.9 Å². The van der Waals surface area contributed by atoms with E-state index in [1.807, 2.05) is 37.3 Å². The Morgan fingerprint density at radius 1 is 0.939 bits per heavy atom. The number of halogens is 1. The minimum atomic E-state index is -0.422. The van der Waals surface area contributed by atoms with E-state index in [2.05, 4.69) is 34.6 Å². The molecule has 4 nitrogen and oxygen atoms in total. The number of aromatic nitrogens is 1. The van der Waals surface area contributed by atoms with Crippen molar-refractivity contribution in [2.24, 2.45) is 5.92 Å². The molecule has 1 aliphatic heterocycles. The zero-order valence-corrected chi connectivity index (χ0v) is 20.1. The Bertz CT molecular complexity index is 1330. The molecule has 1 aliphatic rings. The van der Waals surface area contributed by atoms with E-state index in [0.717, 1.165) is 26.6 Å². The average Bonchev–Trinajstić information content (AvgIpc) is 3.20. The summed E-state index contributed by atoms with van der Waals surface area (Å²) in [4.78, 5) is 30.0. The van der Waals surface area contributed by atoms with Gasteiger partial charge in [0.1, 0.15) is 0 Å². The highest BCUT2D eigenvalue weighted by Crippen LogP contribution is 2.55. The van der Waals surface area contributed by atoms with Crippen molar-refractivity contribution in [1.82, 2.24) is 4.98 Å². The minimum Gasteiger partial charge on any atom is -0.326 e. The lowest BCUT2D eigenvalue weighted by molar-refractivity contribution is -0.120. The summed E-state index contributed by atoms with van der Waals surface area (Å²) in [6.07, 6.45) is 0. The van der Waals surface area contributed by atoms with Gasteiger partial charge < -0.3 is 10.3 Å². The smallest absolute Gasteiger partial charge is 0.305 e. The Balaban J connectivity index is 1.64. The quantitative estimate of drug-likeness (QED) is 0.336. The van der Waals surface area contributed by atoms with Crippen LogP contribution in [0.2, 0.25) is 5.02 Å². The third-order valence-electron chi connectivity index (χ3n) is 5.83. The predicted molar refractivity (Wildman–Crippen MR) is 137 cm³/mol. The van der Waals surface area contributed by atoms with Crippen molar-refractivity contribution in [2.45, 2.75) is 23.1 Å². The molecule has 0 saturated carbocycles. The number of rotatable bonds is 4. The van der Waals surface area contributed by atoms with E-state index in [9.17, 15) is 9.59 Å². The molecule has 2 N–H and O–H groups in total. The number of benzene rings is 3. The number of fused-ring (bicyclic) bond motifs is 1. The van der Waals surface area contributed by atoms with Gasteiger partial charge in [0.05, 0.1) is 10.9 Å². The van der Waals surface area contributed by atoms with Crippen LogP contribution in [0.15, 0.2) is 88.7 Å². The first-order valence-electron chi connectivity index (χ1n) is 10.6. The molecule has 0 bridgehead atoms. The number of nitrogens with one attached hydrogen (secondary N) is 2. The van der Waals surface area contributed by atoms with Crippen LogP contribution in [0.1, 0.15) is 32.7 Å². The van der Waals surface area contributed by atoms with Crippen LogP contribution in [0.3, 0.4) is 0 Å². The van der Waals surface area contributed by atoms with Crippen LogP contribution in [0.5, 0.6) is 0 Å². The second-order valence-electron chi connectivity index (χ2n) is 8.07. The fourth-order valence-electron chi connectivity index (χ4n) is 4.25. The average molecular weight is 493 g/mol. The first kappa shape index (κ1) is 22.0. The van der Waals surface area contributed by atoms with Crippen molar-refractivity contribution >= 4 is 46.3 Å². The lowest BCUT2D eigenvalue weighted by Gasteiger charge is -2.36. The van der Waals surface area contributed by atoms with Gasteiger partial charge >= 0.3 is 4.87 Å². The Morgan fingerprint density at radius 2 is 1.64 bits per heavy atom. The Labute approximate surface area is 205 Å². The number of aromatic amines is 1. The number of carbonyl (C=O) groups excluding carboxylic acids is 1. The van der Waals surface area contributed by atoms with Gasteiger partial charge in [-0.1, -0.05) is 94.9 Å². The van der Waals surface area contributed by atoms with Gasteiger partial charge in [-0.05, 0) is 42.3 Å². The van der Waals surface area contributed by atoms with E-state index < -0.39 is 5.92 Å². The first-order valence-corrected chi connectivity index (χ1v) is 12.6. The van der Waals surface area contributed by atoms with Crippen LogP contribution in [0, 0.1) is 12.8 Å². The van der Waals surface area contributed by atoms with Crippen LogP contribution < -0.4 is 10.2 Å². The highest BCUT2D eigenvalue weighted by Gasteiger charge is 2.45. The van der Waals surface area contributed by atoms with Gasteiger partial charge in [0.15, 0.2) is 0 Å². The summed E-state index contributed by atoms with van der Waals surface area (Å²) < 4.78 is 0. The molecule has 0 radical (unpaired) electrons. The normalized spacial score (nSPS) is 19.6. The molecule has 4 aromatic rings. The number of thioether (sulfide) groups is 1. The molecule has 0 unspecified atom stereocenters. The van der Waals surface area contributed by atoms with Crippen LogP contribution in [-0.4, -0.2) is 10.9 Å². The molecule has 0 spiro atoms. The number of thiazole rings is 1. The zero-order chi connectivity index (χ0) is 22.9. The highest BCUT2D eigenvalue weighted by atomic mass is 35.5.